The Morgan fingerprint density at radius 2 is 1.92 bits per heavy atom. The van der Waals surface area contributed by atoms with Crippen molar-refractivity contribution in [3.05, 3.63) is 35.9 Å². The van der Waals surface area contributed by atoms with Crippen LogP contribution in [0.3, 0.4) is 0 Å². The van der Waals surface area contributed by atoms with Crippen LogP contribution in [0.25, 0.3) is 0 Å². The number of amides is 2. The number of likely N-dealkylation sites (tertiary alicyclic amines) is 1. The molecule has 7 heteroatoms. The van der Waals surface area contributed by atoms with Crippen LogP contribution in [0.2, 0.25) is 0 Å². The average Bonchev–Trinajstić information content (AvgIpc) is 2.56. The molecule has 0 saturated carbocycles. The molecule has 0 unspecified atom stereocenters. The van der Waals surface area contributed by atoms with Crippen LogP contribution in [0.15, 0.2) is 30.3 Å². The molecule has 0 bridgehead atoms. The molecule has 26 heavy (non-hydrogen) atoms. The Balaban J connectivity index is 1.82. The van der Waals surface area contributed by atoms with Gasteiger partial charge in [0.2, 0.25) is 5.91 Å². The van der Waals surface area contributed by atoms with Gasteiger partial charge in [0, 0.05) is 6.54 Å². The SMILES string of the molecule is CC(C)(C)OC(=O)N[C@H]1CCCN(CC(=O)OCc2ccccc2)C1=O. The van der Waals surface area contributed by atoms with Gasteiger partial charge in [-0.25, -0.2) is 4.79 Å². The van der Waals surface area contributed by atoms with Crippen molar-refractivity contribution in [2.75, 3.05) is 13.1 Å². The Morgan fingerprint density at radius 3 is 2.58 bits per heavy atom. The quantitative estimate of drug-likeness (QED) is 0.812. The van der Waals surface area contributed by atoms with E-state index in [2.05, 4.69) is 5.32 Å². The molecule has 1 fully saturated rings. The summed E-state index contributed by atoms with van der Waals surface area (Å²) in [5, 5.41) is 2.58. The minimum absolute atomic E-state index is 0.127. The number of hydrogen-bond donors (Lipinski definition) is 1. The zero-order valence-corrected chi connectivity index (χ0v) is 15.5. The third-order valence-corrected chi connectivity index (χ3v) is 3.78. The first-order valence-corrected chi connectivity index (χ1v) is 8.72. The number of esters is 1. The largest absolute Gasteiger partial charge is 0.459 e. The minimum Gasteiger partial charge on any atom is -0.459 e. The number of carbonyl (C=O) groups is 3. The zero-order chi connectivity index (χ0) is 19.2. The molecule has 0 radical (unpaired) electrons. The summed E-state index contributed by atoms with van der Waals surface area (Å²) in [5.74, 6) is -0.765. The van der Waals surface area contributed by atoms with E-state index < -0.39 is 23.7 Å². The van der Waals surface area contributed by atoms with Crippen LogP contribution in [-0.2, 0) is 25.7 Å². The highest BCUT2D eigenvalue weighted by Gasteiger charge is 2.32. The number of hydrogen-bond acceptors (Lipinski definition) is 5. The number of piperidine rings is 1. The van der Waals surface area contributed by atoms with Crippen LogP contribution in [0.5, 0.6) is 0 Å². The van der Waals surface area contributed by atoms with Crippen molar-refractivity contribution in [2.24, 2.45) is 0 Å². The Morgan fingerprint density at radius 1 is 1.23 bits per heavy atom. The van der Waals surface area contributed by atoms with E-state index in [1.54, 1.807) is 20.8 Å². The lowest BCUT2D eigenvalue weighted by Gasteiger charge is -2.32. The Kier molecular flexibility index (Phi) is 6.60. The fourth-order valence-corrected chi connectivity index (χ4v) is 2.62. The van der Waals surface area contributed by atoms with Gasteiger partial charge in [0.25, 0.3) is 0 Å². The van der Waals surface area contributed by atoms with Gasteiger partial charge in [0.15, 0.2) is 0 Å². The van der Waals surface area contributed by atoms with Crippen molar-refractivity contribution >= 4 is 18.0 Å². The van der Waals surface area contributed by atoms with Gasteiger partial charge >= 0.3 is 12.1 Å². The number of nitrogens with one attached hydrogen (secondary N) is 1. The lowest BCUT2D eigenvalue weighted by atomic mass is 10.1. The lowest BCUT2D eigenvalue weighted by molar-refractivity contribution is -0.152. The normalized spacial score (nSPS) is 17.6. The van der Waals surface area contributed by atoms with E-state index in [0.29, 0.717) is 19.4 Å². The van der Waals surface area contributed by atoms with E-state index in [4.69, 9.17) is 9.47 Å². The monoisotopic (exact) mass is 362 g/mol. The van der Waals surface area contributed by atoms with Gasteiger partial charge in [-0.2, -0.15) is 0 Å². The van der Waals surface area contributed by atoms with Crippen LogP contribution in [0.1, 0.15) is 39.2 Å². The zero-order valence-electron chi connectivity index (χ0n) is 15.5. The number of ether oxygens (including phenoxy) is 2. The molecule has 2 amide bonds. The van der Waals surface area contributed by atoms with Crippen LogP contribution in [0.4, 0.5) is 4.79 Å². The highest BCUT2D eigenvalue weighted by molar-refractivity contribution is 5.89. The molecule has 0 aliphatic carbocycles. The molecule has 1 aromatic carbocycles. The van der Waals surface area contributed by atoms with Crippen LogP contribution >= 0.6 is 0 Å². The maximum Gasteiger partial charge on any atom is 0.408 e. The molecule has 1 atom stereocenters. The minimum atomic E-state index is -0.680. The Hall–Kier alpha value is -2.57. The summed E-state index contributed by atoms with van der Waals surface area (Å²) < 4.78 is 10.4. The molecule has 0 aromatic heterocycles. The summed E-state index contributed by atoms with van der Waals surface area (Å²) in [7, 11) is 0. The highest BCUT2D eigenvalue weighted by Crippen LogP contribution is 2.14. The molecule has 0 spiro atoms. The van der Waals surface area contributed by atoms with Crippen molar-refractivity contribution in [1.29, 1.82) is 0 Å². The van der Waals surface area contributed by atoms with E-state index in [1.165, 1.54) is 4.90 Å². The summed E-state index contributed by atoms with van der Waals surface area (Å²) in [6, 6.07) is 8.66. The number of benzene rings is 1. The third-order valence-electron chi connectivity index (χ3n) is 3.78. The first-order chi connectivity index (χ1) is 12.2. The molecule has 1 aliphatic rings. The number of carbonyl (C=O) groups excluding carboxylic acids is 3. The predicted molar refractivity (Wildman–Crippen MR) is 95.2 cm³/mol. The van der Waals surface area contributed by atoms with Gasteiger partial charge in [-0.05, 0) is 39.2 Å². The van der Waals surface area contributed by atoms with Crippen LogP contribution in [0, 0.1) is 0 Å². The second-order valence-electron chi connectivity index (χ2n) is 7.25. The fraction of sp³-hybridized carbons (Fsp3) is 0.526. The summed E-state index contributed by atoms with van der Waals surface area (Å²) in [5.41, 5.74) is 0.248. The van der Waals surface area contributed by atoms with Crippen molar-refractivity contribution in [3.8, 4) is 0 Å². The van der Waals surface area contributed by atoms with Crippen molar-refractivity contribution < 1.29 is 23.9 Å². The summed E-state index contributed by atoms with van der Waals surface area (Å²) in [6.07, 6.45) is 0.579. The van der Waals surface area contributed by atoms with E-state index in [1.807, 2.05) is 30.3 Å². The van der Waals surface area contributed by atoms with E-state index in [0.717, 1.165) is 5.56 Å². The summed E-state index contributed by atoms with van der Waals surface area (Å²) in [4.78, 5) is 37.8. The summed E-state index contributed by atoms with van der Waals surface area (Å²) in [6.45, 7) is 5.77. The molecular formula is C19H26N2O5. The molecule has 1 N–H and O–H groups in total. The molecule has 142 valence electrons. The number of nitrogens with zero attached hydrogens (tertiary/aromatic N) is 1. The summed E-state index contributed by atoms with van der Waals surface area (Å²) >= 11 is 0. The molecule has 1 heterocycles. The predicted octanol–water partition coefficient (Wildman–Crippen LogP) is 2.25. The standard InChI is InChI=1S/C19H26N2O5/c1-19(2,3)26-18(24)20-15-10-7-11-21(17(15)23)12-16(22)25-13-14-8-5-4-6-9-14/h4-6,8-9,15H,7,10-13H2,1-3H3,(H,20,24)/t15-/m0/s1. The second kappa shape index (κ2) is 8.69. The smallest absolute Gasteiger partial charge is 0.408 e. The Labute approximate surface area is 153 Å². The van der Waals surface area contributed by atoms with Gasteiger partial charge < -0.3 is 19.7 Å². The first-order valence-electron chi connectivity index (χ1n) is 8.72. The van der Waals surface area contributed by atoms with Gasteiger partial charge in [-0.3, -0.25) is 9.59 Å². The Bertz CT molecular complexity index is 639. The highest BCUT2D eigenvalue weighted by atomic mass is 16.6. The van der Waals surface area contributed by atoms with E-state index in [9.17, 15) is 14.4 Å². The van der Waals surface area contributed by atoms with Crippen molar-refractivity contribution in [3.63, 3.8) is 0 Å². The number of rotatable bonds is 5. The van der Waals surface area contributed by atoms with Gasteiger partial charge in [0.1, 0.15) is 24.8 Å². The van der Waals surface area contributed by atoms with Crippen molar-refractivity contribution in [2.45, 2.75) is 51.9 Å². The lowest BCUT2D eigenvalue weighted by Crippen LogP contribution is -2.54. The first kappa shape index (κ1) is 19.8. The maximum absolute atomic E-state index is 12.5. The molecule has 7 nitrogen and oxygen atoms in total. The van der Waals surface area contributed by atoms with Crippen molar-refractivity contribution in [1.82, 2.24) is 10.2 Å². The fourth-order valence-electron chi connectivity index (χ4n) is 2.62. The molecule has 1 aromatic rings. The average molecular weight is 362 g/mol. The molecule has 1 aliphatic heterocycles. The molecule has 1 saturated heterocycles. The third kappa shape index (κ3) is 6.38. The van der Waals surface area contributed by atoms with Crippen LogP contribution < -0.4 is 5.32 Å². The van der Waals surface area contributed by atoms with Gasteiger partial charge in [-0.15, -0.1) is 0 Å². The molecular weight excluding hydrogens is 336 g/mol. The van der Waals surface area contributed by atoms with Gasteiger partial charge in [0.05, 0.1) is 0 Å². The van der Waals surface area contributed by atoms with Crippen LogP contribution in [-0.4, -0.2) is 47.6 Å². The van der Waals surface area contributed by atoms with E-state index in [-0.39, 0.29) is 19.1 Å². The van der Waals surface area contributed by atoms with Gasteiger partial charge in [-0.1, -0.05) is 30.3 Å². The van der Waals surface area contributed by atoms with E-state index >= 15 is 0 Å². The second-order valence-corrected chi connectivity index (χ2v) is 7.25. The molecule has 2 rings (SSSR count). The topological polar surface area (TPSA) is 84.9 Å². The number of alkyl carbamates (subject to hydrolysis) is 1. The maximum atomic E-state index is 12.5.